The van der Waals surface area contributed by atoms with Crippen LogP contribution in [-0.4, -0.2) is 11.9 Å². The minimum Gasteiger partial charge on any atom is -0.353 e. The number of hydrogen-bond acceptors (Lipinski definition) is 1. The Hall–Kier alpha value is -1.31. The molecule has 2 rings (SSSR count). The summed E-state index contributed by atoms with van der Waals surface area (Å²) in [6.07, 6.45) is 7.72. The molecule has 1 N–H and O–H groups in total. The third kappa shape index (κ3) is 3.86. The lowest BCUT2D eigenvalue weighted by atomic mass is 9.95. The smallest absolute Gasteiger partial charge is 0.224 e. The van der Waals surface area contributed by atoms with E-state index >= 15 is 0 Å². The highest BCUT2D eigenvalue weighted by molar-refractivity contribution is 5.78. The van der Waals surface area contributed by atoms with E-state index in [1.54, 1.807) is 0 Å². The van der Waals surface area contributed by atoms with Gasteiger partial charge in [0.1, 0.15) is 0 Å². The van der Waals surface area contributed by atoms with E-state index in [-0.39, 0.29) is 5.91 Å². The van der Waals surface area contributed by atoms with Crippen LogP contribution in [0.15, 0.2) is 24.3 Å². The average molecular weight is 245 g/mol. The first-order chi connectivity index (χ1) is 8.78. The maximum absolute atomic E-state index is 11.9. The summed E-state index contributed by atoms with van der Waals surface area (Å²) in [6.45, 7) is 2.14. The van der Waals surface area contributed by atoms with Crippen LogP contribution in [0.4, 0.5) is 0 Å². The molecule has 0 saturated heterocycles. The number of amides is 1. The van der Waals surface area contributed by atoms with Gasteiger partial charge in [0.05, 0.1) is 6.42 Å². The Kier molecular flexibility index (Phi) is 4.80. The molecule has 0 spiro atoms. The quantitative estimate of drug-likeness (QED) is 0.867. The van der Waals surface area contributed by atoms with Gasteiger partial charge in [0.2, 0.25) is 5.91 Å². The van der Waals surface area contributed by atoms with Crippen LogP contribution in [0, 0.1) is 0 Å². The molecule has 0 aromatic heterocycles. The number of benzene rings is 1. The van der Waals surface area contributed by atoms with Crippen molar-refractivity contribution in [2.45, 2.75) is 57.9 Å². The molecule has 0 atom stereocenters. The lowest BCUT2D eigenvalue weighted by Crippen LogP contribution is -2.37. The van der Waals surface area contributed by atoms with Gasteiger partial charge < -0.3 is 5.32 Å². The van der Waals surface area contributed by atoms with Crippen LogP contribution in [0.5, 0.6) is 0 Å². The molecule has 0 heterocycles. The molecular weight excluding hydrogens is 222 g/mol. The summed E-state index contributed by atoms with van der Waals surface area (Å²) < 4.78 is 0. The molecule has 2 heteroatoms. The van der Waals surface area contributed by atoms with E-state index in [1.807, 2.05) is 0 Å². The molecule has 1 aliphatic carbocycles. The van der Waals surface area contributed by atoms with Crippen molar-refractivity contribution >= 4 is 5.91 Å². The third-order valence-electron chi connectivity index (χ3n) is 3.77. The normalized spacial score (nSPS) is 16.5. The number of nitrogens with one attached hydrogen (secondary N) is 1. The van der Waals surface area contributed by atoms with Gasteiger partial charge in [-0.15, -0.1) is 0 Å². The van der Waals surface area contributed by atoms with Gasteiger partial charge in [-0.25, -0.2) is 0 Å². The Morgan fingerprint density at radius 2 is 1.72 bits per heavy atom. The van der Waals surface area contributed by atoms with Gasteiger partial charge >= 0.3 is 0 Å². The first-order valence-electron chi connectivity index (χ1n) is 7.15. The third-order valence-corrected chi connectivity index (χ3v) is 3.77. The zero-order chi connectivity index (χ0) is 12.8. The molecule has 0 aliphatic heterocycles. The summed E-state index contributed by atoms with van der Waals surface area (Å²) in [7, 11) is 0. The number of carbonyl (C=O) groups is 1. The van der Waals surface area contributed by atoms with Gasteiger partial charge in [-0.2, -0.15) is 0 Å². The highest BCUT2D eigenvalue weighted by Crippen LogP contribution is 2.17. The molecule has 1 aliphatic rings. The van der Waals surface area contributed by atoms with Crippen LogP contribution in [0.1, 0.15) is 50.2 Å². The van der Waals surface area contributed by atoms with Crippen LogP contribution >= 0.6 is 0 Å². The van der Waals surface area contributed by atoms with Crippen molar-refractivity contribution in [3.8, 4) is 0 Å². The second-order valence-corrected chi connectivity index (χ2v) is 5.25. The predicted molar refractivity (Wildman–Crippen MR) is 74.5 cm³/mol. The van der Waals surface area contributed by atoms with E-state index in [0.29, 0.717) is 12.5 Å². The van der Waals surface area contributed by atoms with Crippen LogP contribution in [-0.2, 0) is 17.6 Å². The van der Waals surface area contributed by atoms with E-state index in [1.165, 1.54) is 24.8 Å². The molecule has 2 nitrogen and oxygen atoms in total. The molecule has 0 unspecified atom stereocenters. The van der Waals surface area contributed by atoms with Crippen molar-refractivity contribution in [2.75, 3.05) is 0 Å². The molecule has 0 bridgehead atoms. The summed E-state index contributed by atoms with van der Waals surface area (Å²) in [5.41, 5.74) is 2.44. The lowest BCUT2D eigenvalue weighted by Gasteiger charge is -2.22. The monoisotopic (exact) mass is 245 g/mol. The molecule has 1 aromatic carbocycles. The van der Waals surface area contributed by atoms with Gasteiger partial charge in [-0.3, -0.25) is 4.79 Å². The van der Waals surface area contributed by atoms with Gasteiger partial charge in [0.25, 0.3) is 0 Å². The SMILES string of the molecule is CCc1ccc(CC(=O)NC2CCCCC2)cc1. The molecule has 1 amide bonds. The fourth-order valence-electron chi connectivity index (χ4n) is 2.60. The van der Waals surface area contributed by atoms with Crippen molar-refractivity contribution in [1.82, 2.24) is 5.32 Å². The molecule has 1 saturated carbocycles. The Balaban J connectivity index is 1.82. The van der Waals surface area contributed by atoms with Crippen LogP contribution in [0.3, 0.4) is 0 Å². The topological polar surface area (TPSA) is 29.1 Å². The standard InChI is InChI=1S/C16H23NO/c1-2-13-8-10-14(11-9-13)12-16(18)17-15-6-4-3-5-7-15/h8-11,15H,2-7,12H2,1H3,(H,17,18). The van der Waals surface area contributed by atoms with Crippen molar-refractivity contribution in [2.24, 2.45) is 0 Å². The molecule has 98 valence electrons. The Labute approximate surface area is 110 Å². The summed E-state index contributed by atoms with van der Waals surface area (Å²) in [4.78, 5) is 11.9. The number of aryl methyl sites for hydroxylation is 1. The zero-order valence-corrected chi connectivity index (χ0v) is 11.2. The largest absolute Gasteiger partial charge is 0.353 e. The number of rotatable bonds is 4. The molecule has 0 radical (unpaired) electrons. The Bertz CT molecular complexity index is 377. The van der Waals surface area contributed by atoms with Crippen LogP contribution in [0.25, 0.3) is 0 Å². The van der Waals surface area contributed by atoms with Crippen LogP contribution in [0.2, 0.25) is 0 Å². The molecular formula is C16H23NO. The fourth-order valence-corrected chi connectivity index (χ4v) is 2.60. The summed E-state index contributed by atoms with van der Waals surface area (Å²) >= 11 is 0. The maximum Gasteiger partial charge on any atom is 0.224 e. The minimum atomic E-state index is 0.172. The maximum atomic E-state index is 11.9. The van der Waals surface area contributed by atoms with E-state index in [9.17, 15) is 4.79 Å². The van der Waals surface area contributed by atoms with Crippen LogP contribution < -0.4 is 5.32 Å². The van der Waals surface area contributed by atoms with Crippen molar-refractivity contribution in [3.63, 3.8) is 0 Å². The van der Waals surface area contributed by atoms with Gasteiger partial charge in [0, 0.05) is 6.04 Å². The Morgan fingerprint density at radius 3 is 2.33 bits per heavy atom. The van der Waals surface area contributed by atoms with E-state index in [4.69, 9.17) is 0 Å². The van der Waals surface area contributed by atoms with E-state index in [0.717, 1.165) is 24.8 Å². The summed E-state index contributed by atoms with van der Waals surface area (Å²) in [5.74, 6) is 0.172. The first-order valence-corrected chi connectivity index (χ1v) is 7.15. The fraction of sp³-hybridized carbons (Fsp3) is 0.562. The molecule has 1 aromatic rings. The van der Waals surface area contributed by atoms with Gasteiger partial charge in [-0.1, -0.05) is 50.5 Å². The summed E-state index contributed by atoms with van der Waals surface area (Å²) in [5, 5.41) is 3.16. The zero-order valence-electron chi connectivity index (χ0n) is 11.2. The van der Waals surface area contributed by atoms with E-state index < -0.39 is 0 Å². The predicted octanol–water partition coefficient (Wildman–Crippen LogP) is 3.24. The highest BCUT2D eigenvalue weighted by atomic mass is 16.1. The first kappa shape index (κ1) is 13.1. The van der Waals surface area contributed by atoms with Crippen molar-refractivity contribution in [1.29, 1.82) is 0 Å². The van der Waals surface area contributed by atoms with Gasteiger partial charge in [0.15, 0.2) is 0 Å². The second kappa shape index (κ2) is 6.58. The minimum absolute atomic E-state index is 0.172. The molecule has 1 fully saturated rings. The van der Waals surface area contributed by atoms with Crippen molar-refractivity contribution in [3.05, 3.63) is 35.4 Å². The lowest BCUT2D eigenvalue weighted by molar-refractivity contribution is -0.121. The van der Waals surface area contributed by atoms with E-state index in [2.05, 4.69) is 36.5 Å². The van der Waals surface area contributed by atoms with Crippen molar-refractivity contribution < 1.29 is 4.79 Å². The van der Waals surface area contributed by atoms with Gasteiger partial charge in [-0.05, 0) is 30.4 Å². The highest BCUT2D eigenvalue weighted by Gasteiger charge is 2.15. The molecule has 18 heavy (non-hydrogen) atoms. The Morgan fingerprint density at radius 1 is 1.11 bits per heavy atom. The number of hydrogen-bond donors (Lipinski definition) is 1. The second-order valence-electron chi connectivity index (χ2n) is 5.25. The average Bonchev–Trinajstić information content (AvgIpc) is 2.40. The number of carbonyl (C=O) groups excluding carboxylic acids is 1. The summed E-state index contributed by atoms with van der Waals surface area (Å²) in [6, 6.07) is 8.78.